The molecule has 0 saturated carbocycles. The van der Waals surface area contributed by atoms with Crippen LogP contribution in [0.5, 0.6) is 0 Å². The lowest BCUT2D eigenvalue weighted by atomic mass is 10.0. The zero-order chi connectivity index (χ0) is 86.3. The van der Waals surface area contributed by atoms with Crippen molar-refractivity contribution in [1.82, 2.24) is 57.3 Å². The summed E-state index contributed by atoms with van der Waals surface area (Å²) in [6.45, 7) is 0. The Morgan fingerprint density at radius 2 is 0.606 bits per heavy atom. The van der Waals surface area contributed by atoms with Crippen LogP contribution in [-0.4, -0.2) is 57.3 Å². The molecule has 30 aromatic rings. The molecular formula is C120H72N12. The Balaban J connectivity index is 0.0000000991. The second-order valence-electron chi connectivity index (χ2n) is 34.5. The molecular weight excluding hydrogens is 1610 g/mol. The standard InChI is InChI=1S/3C40H24N4/c1-3-11-30-25(9-1)18-20-33-31-12-4-7-15-36(31)43(39(30)33)29-19-17-26-22-34-32-13-5-8-16-37(32)44(38(34)23-28(26)21-29)40-41-24-27-10-2-6-14-35(27)42-40;1-3-13-27-25(11-1)21-22-35-37(27)30-16-6-9-19-33(30)43(35)39-28-14-4-2-12-26(28)23-36-38(39)31-17-7-10-20-34(31)44(36)40-29-15-5-8-18-32(29)41-24-42-40;1-3-11-27-21-37-32(19-25(27)9-1)30-13-5-8-16-36(30)43(37)29-17-18-31-33-20-26-10-2-4-12-28(26)22-38(33)44(39(31)23-29)40-24-41-34-14-6-7-15-35(34)42-40/h3*1-24H. The van der Waals surface area contributed by atoms with E-state index in [-0.39, 0.29) is 0 Å². The number of hydrogen-bond acceptors (Lipinski definition) is 6. The molecule has 9 heterocycles. The predicted molar refractivity (Wildman–Crippen MR) is 550 cm³/mol. The molecule has 0 N–H and O–H groups in total. The van der Waals surface area contributed by atoms with Crippen LogP contribution in [-0.2, 0) is 0 Å². The Kier molecular flexibility index (Phi) is 16.0. The van der Waals surface area contributed by atoms with Gasteiger partial charge in [-0.1, -0.05) is 285 Å². The molecule has 0 fully saturated rings. The maximum atomic E-state index is 5.12. The van der Waals surface area contributed by atoms with Gasteiger partial charge in [-0.25, -0.2) is 24.9 Å². The molecule has 0 saturated heterocycles. The molecule has 30 rings (SSSR count). The van der Waals surface area contributed by atoms with E-state index >= 15 is 0 Å². The average Bonchev–Trinajstić information content (AvgIpc) is 1.54. The number of benzene rings is 21. The topological polar surface area (TPSA) is 107 Å². The highest BCUT2D eigenvalue weighted by Gasteiger charge is 2.27. The molecule has 0 radical (unpaired) electrons. The fraction of sp³-hybridized carbons (Fsp3) is 0. The molecule has 0 bridgehead atoms. The van der Waals surface area contributed by atoms with E-state index in [2.05, 4.69) is 402 Å². The third-order valence-corrected chi connectivity index (χ3v) is 27.4. The van der Waals surface area contributed by atoms with Crippen molar-refractivity contribution in [2.45, 2.75) is 0 Å². The number of para-hydroxylation sites is 9. The highest BCUT2D eigenvalue weighted by atomic mass is 15.2. The van der Waals surface area contributed by atoms with Crippen LogP contribution in [0.2, 0.25) is 0 Å². The minimum atomic E-state index is 0.680. The summed E-state index contributed by atoms with van der Waals surface area (Å²) in [5, 5.41) is 31.5. The fourth-order valence-corrected chi connectivity index (χ4v) is 21.6. The van der Waals surface area contributed by atoms with Crippen LogP contribution >= 0.6 is 0 Å². The minimum Gasteiger partial charge on any atom is -0.309 e. The van der Waals surface area contributed by atoms with Crippen molar-refractivity contribution in [3.8, 4) is 34.6 Å². The Morgan fingerprint density at radius 1 is 0.174 bits per heavy atom. The highest BCUT2D eigenvalue weighted by molar-refractivity contribution is 6.27. The van der Waals surface area contributed by atoms with Crippen molar-refractivity contribution in [2.75, 3.05) is 0 Å². The Labute approximate surface area is 752 Å². The van der Waals surface area contributed by atoms with E-state index in [1.54, 1.807) is 6.33 Å². The first-order chi connectivity index (χ1) is 65.5. The van der Waals surface area contributed by atoms with Crippen molar-refractivity contribution < 1.29 is 0 Å². The highest BCUT2D eigenvalue weighted by Crippen LogP contribution is 2.48. The predicted octanol–water partition coefficient (Wildman–Crippen LogP) is 30.4. The summed E-state index contributed by atoms with van der Waals surface area (Å²) in [4.78, 5) is 29.2. The van der Waals surface area contributed by atoms with Crippen molar-refractivity contribution in [3.05, 3.63) is 437 Å². The summed E-state index contributed by atoms with van der Waals surface area (Å²) in [6.07, 6.45) is 5.50. The first-order valence-corrected chi connectivity index (χ1v) is 44.8. The lowest BCUT2D eigenvalue weighted by molar-refractivity contribution is 1.01. The van der Waals surface area contributed by atoms with E-state index in [1.807, 2.05) is 60.9 Å². The zero-order valence-electron chi connectivity index (χ0n) is 70.9. The van der Waals surface area contributed by atoms with Gasteiger partial charge in [0.15, 0.2) is 5.82 Å². The van der Waals surface area contributed by atoms with Crippen LogP contribution in [0.25, 0.3) is 263 Å². The van der Waals surface area contributed by atoms with Gasteiger partial charge in [0, 0.05) is 104 Å². The summed E-state index contributed by atoms with van der Waals surface area (Å²) in [5.41, 5.74) is 21.0. The third kappa shape index (κ3) is 11.1. The smallest absolute Gasteiger partial charge is 0.235 e. The molecule has 12 nitrogen and oxygen atoms in total. The van der Waals surface area contributed by atoms with Gasteiger partial charge in [-0.2, -0.15) is 0 Å². The van der Waals surface area contributed by atoms with Crippen LogP contribution in [0.15, 0.2) is 437 Å². The van der Waals surface area contributed by atoms with Gasteiger partial charge in [-0.15, -0.1) is 0 Å². The molecule has 0 spiro atoms. The molecule has 21 aromatic carbocycles. The minimum absolute atomic E-state index is 0.680. The van der Waals surface area contributed by atoms with Crippen molar-refractivity contribution in [3.63, 3.8) is 0 Å². The molecule has 0 aliphatic heterocycles. The molecule has 12 heteroatoms. The van der Waals surface area contributed by atoms with Gasteiger partial charge in [0.25, 0.3) is 0 Å². The maximum Gasteiger partial charge on any atom is 0.235 e. The Hall–Kier alpha value is -18.0. The number of nitrogens with zero attached hydrogens (tertiary/aromatic N) is 12. The number of fused-ring (bicyclic) bond motifs is 29. The van der Waals surface area contributed by atoms with Gasteiger partial charge in [0.2, 0.25) is 5.95 Å². The number of rotatable bonds is 6. The SMILES string of the molecule is c1ccc2c(-n3c4ccccc4c4c5ccccc5ccc43)c3c4ccccc4n(-c4ncnc5ccccc45)c3cc2c1.c1ccc2cc3c(cc2c1)c1ccccc1n3-c1ccc2c3cc4ccccc4cc3n(-c3cnc4ccccc4n3)c2c1.c1ccc2nc(-n3c4ccccc4c4cc5ccc(-n6c7ccccc7c7ccc8ccccc8c76)cc5cc43)ncc2c1. The Bertz CT molecular complexity index is 10200. The monoisotopic (exact) mass is 1680 g/mol. The van der Waals surface area contributed by atoms with Crippen molar-refractivity contribution in [2.24, 2.45) is 0 Å². The molecule has 0 amide bonds. The van der Waals surface area contributed by atoms with Crippen LogP contribution in [0.1, 0.15) is 0 Å². The summed E-state index contributed by atoms with van der Waals surface area (Å²) in [6, 6.07) is 150. The largest absolute Gasteiger partial charge is 0.309 e. The van der Waals surface area contributed by atoms with E-state index in [0.29, 0.717) is 5.95 Å². The average molecular weight is 1680 g/mol. The quantitative estimate of drug-likeness (QED) is 0.164. The van der Waals surface area contributed by atoms with E-state index in [0.717, 1.165) is 88.9 Å². The normalized spacial score (nSPS) is 12.1. The van der Waals surface area contributed by atoms with E-state index in [9.17, 15) is 0 Å². The summed E-state index contributed by atoms with van der Waals surface area (Å²) < 4.78 is 14.1. The van der Waals surface area contributed by atoms with Crippen LogP contribution in [0.3, 0.4) is 0 Å². The number of aromatic nitrogens is 12. The van der Waals surface area contributed by atoms with Gasteiger partial charge in [0.1, 0.15) is 12.1 Å². The molecule has 0 aliphatic rings. The first-order valence-electron chi connectivity index (χ1n) is 44.8. The van der Waals surface area contributed by atoms with Gasteiger partial charge in [-0.3, -0.25) is 18.7 Å². The molecule has 0 aliphatic carbocycles. The van der Waals surface area contributed by atoms with Gasteiger partial charge >= 0.3 is 0 Å². The molecule has 132 heavy (non-hydrogen) atoms. The van der Waals surface area contributed by atoms with Gasteiger partial charge in [0.05, 0.1) is 100 Å². The zero-order valence-corrected chi connectivity index (χ0v) is 70.9. The van der Waals surface area contributed by atoms with Crippen LogP contribution in [0.4, 0.5) is 0 Å². The van der Waals surface area contributed by atoms with Gasteiger partial charge in [-0.05, 0) is 187 Å². The van der Waals surface area contributed by atoms with Gasteiger partial charge < -0.3 is 13.7 Å². The molecule has 0 atom stereocenters. The second kappa shape index (κ2) is 28.8. The van der Waals surface area contributed by atoms with Crippen molar-refractivity contribution in [1.29, 1.82) is 0 Å². The second-order valence-corrected chi connectivity index (χ2v) is 34.5. The van der Waals surface area contributed by atoms with Crippen molar-refractivity contribution >= 4 is 228 Å². The van der Waals surface area contributed by atoms with Crippen LogP contribution < -0.4 is 0 Å². The number of hydrogen-bond donors (Lipinski definition) is 0. The molecule has 612 valence electrons. The summed E-state index contributed by atoms with van der Waals surface area (Å²) >= 11 is 0. The van der Waals surface area contributed by atoms with E-state index < -0.39 is 0 Å². The third-order valence-electron chi connectivity index (χ3n) is 27.4. The lowest BCUT2D eigenvalue weighted by Crippen LogP contribution is -2.01. The van der Waals surface area contributed by atoms with E-state index in [4.69, 9.17) is 24.9 Å². The summed E-state index contributed by atoms with van der Waals surface area (Å²) in [5.74, 6) is 2.37. The fourth-order valence-electron chi connectivity index (χ4n) is 21.6. The maximum absolute atomic E-state index is 5.12. The summed E-state index contributed by atoms with van der Waals surface area (Å²) in [7, 11) is 0. The van der Waals surface area contributed by atoms with E-state index in [1.165, 1.54) is 168 Å². The Morgan fingerprint density at radius 3 is 1.30 bits per heavy atom. The van der Waals surface area contributed by atoms with Crippen LogP contribution in [0, 0.1) is 0 Å². The first kappa shape index (κ1) is 73.2. The molecule has 0 unspecified atom stereocenters. The molecule has 9 aromatic heterocycles. The lowest BCUT2D eigenvalue weighted by Gasteiger charge is -2.15.